The zero-order valence-corrected chi connectivity index (χ0v) is 14.5. The van der Waals surface area contributed by atoms with Gasteiger partial charge in [-0.1, -0.05) is 29.3 Å². The zero-order chi connectivity index (χ0) is 18.2. The van der Waals surface area contributed by atoms with Crippen molar-refractivity contribution >= 4 is 35.0 Å². The number of carbonyl (C=O) groups excluding carboxylic acids is 2. The van der Waals surface area contributed by atoms with Crippen LogP contribution >= 0.6 is 23.2 Å². The first-order chi connectivity index (χ1) is 12.0. The van der Waals surface area contributed by atoms with E-state index in [4.69, 9.17) is 27.9 Å². The molecule has 2 amide bonds. The maximum Gasteiger partial charge on any atom is 0.258 e. The highest BCUT2D eigenvalue weighted by Crippen LogP contribution is 2.27. The van der Waals surface area contributed by atoms with E-state index < -0.39 is 11.7 Å². The van der Waals surface area contributed by atoms with Gasteiger partial charge in [0.1, 0.15) is 11.6 Å². The van der Waals surface area contributed by atoms with E-state index in [1.165, 1.54) is 24.3 Å². The number of hydrogen-bond donors (Lipinski definition) is 2. The van der Waals surface area contributed by atoms with E-state index in [0.29, 0.717) is 15.8 Å². The fraction of sp³-hybridized carbons (Fsp3) is 0.176. The highest BCUT2D eigenvalue weighted by atomic mass is 35.5. The first-order valence-electron chi connectivity index (χ1n) is 7.34. The highest BCUT2D eigenvalue weighted by Gasteiger charge is 2.08. The first kappa shape index (κ1) is 19.0. The molecule has 0 aromatic heterocycles. The number of carbonyl (C=O) groups is 2. The lowest BCUT2D eigenvalue weighted by atomic mass is 10.2. The standard InChI is InChI=1S/C17H15Cl2FN2O3/c18-12-4-5-15(14(19)9-12)25-10-16(23)21-6-7-22-17(24)11-2-1-3-13(20)8-11/h1-5,8-9H,6-7,10H2,(H,21,23)(H,22,24). The fourth-order valence-corrected chi connectivity index (χ4v) is 2.36. The largest absolute Gasteiger partial charge is 0.482 e. The maximum absolute atomic E-state index is 13.0. The molecular weight excluding hydrogens is 370 g/mol. The summed E-state index contributed by atoms with van der Waals surface area (Å²) in [6, 6.07) is 10.0. The molecule has 2 N–H and O–H groups in total. The molecule has 2 rings (SSSR count). The summed E-state index contributed by atoms with van der Waals surface area (Å²) in [7, 11) is 0. The van der Waals surface area contributed by atoms with Crippen LogP contribution in [0.3, 0.4) is 0 Å². The monoisotopic (exact) mass is 384 g/mol. The van der Waals surface area contributed by atoms with Crippen LogP contribution in [0.1, 0.15) is 10.4 Å². The summed E-state index contributed by atoms with van der Waals surface area (Å²) in [6.45, 7) is 0.180. The summed E-state index contributed by atoms with van der Waals surface area (Å²) >= 11 is 11.7. The minimum Gasteiger partial charge on any atom is -0.482 e. The molecule has 0 fully saturated rings. The van der Waals surface area contributed by atoms with Crippen molar-refractivity contribution in [3.63, 3.8) is 0 Å². The van der Waals surface area contributed by atoms with Gasteiger partial charge in [-0.2, -0.15) is 0 Å². The van der Waals surface area contributed by atoms with Gasteiger partial charge in [0.2, 0.25) is 0 Å². The third-order valence-corrected chi connectivity index (χ3v) is 3.60. The molecule has 0 saturated carbocycles. The van der Waals surface area contributed by atoms with Gasteiger partial charge in [-0.05, 0) is 36.4 Å². The highest BCUT2D eigenvalue weighted by molar-refractivity contribution is 6.35. The second kappa shape index (κ2) is 9.25. The van der Waals surface area contributed by atoms with Crippen molar-refractivity contribution in [2.75, 3.05) is 19.7 Å². The number of nitrogens with one attached hydrogen (secondary N) is 2. The van der Waals surface area contributed by atoms with Gasteiger partial charge in [-0.15, -0.1) is 0 Å². The van der Waals surface area contributed by atoms with E-state index in [1.807, 2.05) is 0 Å². The van der Waals surface area contributed by atoms with Gasteiger partial charge in [0, 0.05) is 23.7 Å². The summed E-state index contributed by atoms with van der Waals surface area (Å²) in [5.41, 5.74) is 0.215. The van der Waals surface area contributed by atoms with Crippen molar-refractivity contribution in [3.8, 4) is 5.75 Å². The Morgan fingerprint density at radius 3 is 2.52 bits per heavy atom. The molecule has 5 nitrogen and oxygen atoms in total. The summed E-state index contributed by atoms with van der Waals surface area (Å²) in [5.74, 6) is -0.927. The molecule has 0 atom stereocenters. The third-order valence-electron chi connectivity index (χ3n) is 3.07. The van der Waals surface area contributed by atoms with Crippen LogP contribution in [0.4, 0.5) is 4.39 Å². The summed E-state index contributed by atoms with van der Waals surface area (Å²) in [4.78, 5) is 23.5. The molecule has 0 saturated heterocycles. The average Bonchev–Trinajstić information content (AvgIpc) is 2.57. The van der Waals surface area contributed by atoms with Crippen molar-refractivity contribution in [1.82, 2.24) is 10.6 Å². The molecule has 25 heavy (non-hydrogen) atoms. The summed E-state index contributed by atoms with van der Waals surface area (Å²) < 4.78 is 18.3. The molecule has 0 aliphatic carbocycles. The minimum absolute atomic E-state index is 0.197. The van der Waals surface area contributed by atoms with Gasteiger partial charge in [0.25, 0.3) is 11.8 Å². The Labute approximate surface area is 154 Å². The number of hydrogen-bond acceptors (Lipinski definition) is 3. The Balaban J connectivity index is 1.67. The second-order valence-electron chi connectivity index (χ2n) is 4.98. The quantitative estimate of drug-likeness (QED) is 0.720. The third kappa shape index (κ3) is 6.25. The molecule has 2 aromatic carbocycles. The fourth-order valence-electron chi connectivity index (χ4n) is 1.90. The number of benzene rings is 2. The molecule has 0 spiro atoms. The Morgan fingerprint density at radius 2 is 1.80 bits per heavy atom. The van der Waals surface area contributed by atoms with Crippen LogP contribution in [-0.2, 0) is 4.79 Å². The van der Waals surface area contributed by atoms with Crippen molar-refractivity contribution in [2.45, 2.75) is 0 Å². The van der Waals surface area contributed by atoms with Gasteiger partial charge in [-0.25, -0.2) is 4.39 Å². The Morgan fingerprint density at radius 1 is 1.04 bits per heavy atom. The Hall–Kier alpha value is -2.31. The topological polar surface area (TPSA) is 67.4 Å². The molecule has 0 radical (unpaired) electrons. The van der Waals surface area contributed by atoms with Crippen LogP contribution in [0.2, 0.25) is 10.0 Å². The zero-order valence-electron chi connectivity index (χ0n) is 13.0. The summed E-state index contributed by atoms with van der Waals surface area (Å²) in [5, 5.41) is 5.93. The lowest BCUT2D eigenvalue weighted by Crippen LogP contribution is -2.36. The van der Waals surface area contributed by atoms with Crippen LogP contribution in [0.5, 0.6) is 5.75 Å². The van der Waals surface area contributed by atoms with Crippen molar-refractivity contribution in [2.24, 2.45) is 0 Å². The molecular formula is C17H15Cl2FN2O3. The Bertz CT molecular complexity index is 771. The molecule has 0 bridgehead atoms. The normalized spacial score (nSPS) is 10.2. The predicted octanol–water partition coefficient (Wildman–Crippen LogP) is 3.06. The molecule has 132 valence electrons. The van der Waals surface area contributed by atoms with Crippen LogP contribution in [0.15, 0.2) is 42.5 Å². The molecule has 0 heterocycles. The van der Waals surface area contributed by atoms with E-state index in [1.54, 1.807) is 12.1 Å². The van der Waals surface area contributed by atoms with Crippen molar-refractivity contribution in [3.05, 3.63) is 63.9 Å². The predicted molar refractivity (Wildman–Crippen MR) is 93.7 cm³/mol. The molecule has 0 unspecified atom stereocenters. The number of rotatable bonds is 7. The average molecular weight is 385 g/mol. The SMILES string of the molecule is O=C(COc1ccc(Cl)cc1Cl)NCCNC(=O)c1cccc(F)c1. The van der Waals surface area contributed by atoms with E-state index in [2.05, 4.69) is 10.6 Å². The van der Waals surface area contributed by atoms with Gasteiger partial charge in [0.15, 0.2) is 6.61 Å². The van der Waals surface area contributed by atoms with Gasteiger partial charge < -0.3 is 15.4 Å². The summed E-state index contributed by atoms with van der Waals surface area (Å²) in [6.07, 6.45) is 0. The molecule has 0 aliphatic heterocycles. The smallest absolute Gasteiger partial charge is 0.258 e. The van der Waals surface area contributed by atoms with E-state index in [-0.39, 0.29) is 31.2 Å². The van der Waals surface area contributed by atoms with Crippen LogP contribution in [0.25, 0.3) is 0 Å². The number of ether oxygens (including phenoxy) is 1. The van der Waals surface area contributed by atoms with Gasteiger partial charge >= 0.3 is 0 Å². The maximum atomic E-state index is 13.0. The van der Waals surface area contributed by atoms with Gasteiger partial charge in [0.05, 0.1) is 5.02 Å². The van der Waals surface area contributed by atoms with Crippen LogP contribution in [0, 0.1) is 5.82 Å². The van der Waals surface area contributed by atoms with Crippen molar-refractivity contribution < 1.29 is 18.7 Å². The molecule has 2 aromatic rings. The second-order valence-corrected chi connectivity index (χ2v) is 5.82. The van der Waals surface area contributed by atoms with Crippen molar-refractivity contribution in [1.29, 1.82) is 0 Å². The lowest BCUT2D eigenvalue weighted by molar-refractivity contribution is -0.123. The van der Waals surface area contributed by atoms with Crippen LogP contribution < -0.4 is 15.4 Å². The minimum atomic E-state index is -0.487. The molecule has 0 aliphatic rings. The van der Waals surface area contributed by atoms with E-state index in [0.717, 1.165) is 6.07 Å². The van der Waals surface area contributed by atoms with E-state index >= 15 is 0 Å². The Kier molecular flexibility index (Phi) is 7.03. The lowest BCUT2D eigenvalue weighted by Gasteiger charge is -2.09. The van der Waals surface area contributed by atoms with Gasteiger partial charge in [-0.3, -0.25) is 9.59 Å². The number of amides is 2. The number of halogens is 3. The molecule has 8 heteroatoms. The van der Waals surface area contributed by atoms with Crippen LogP contribution in [-0.4, -0.2) is 31.5 Å². The van der Waals surface area contributed by atoms with E-state index in [9.17, 15) is 14.0 Å². The first-order valence-corrected chi connectivity index (χ1v) is 8.09.